The summed E-state index contributed by atoms with van der Waals surface area (Å²) in [5, 5.41) is 0. The molecule has 0 unspecified atom stereocenters. The van der Waals surface area contributed by atoms with Gasteiger partial charge < -0.3 is 10.6 Å². The van der Waals surface area contributed by atoms with E-state index in [-0.39, 0.29) is 11.3 Å². The van der Waals surface area contributed by atoms with Crippen LogP contribution in [0.5, 0.6) is 0 Å². The number of amides is 1. The standard InChI is InChI=1S/C11H22N2OS/c1-5-11(3,4)10(14)13(6-2)8-7-9(12)15/h5-8H2,1-4H3,(H2,12,15). The fourth-order valence-corrected chi connectivity index (χ4v) is 1.32. The van der Waals surface area contributed by atoms with E-state index in [0.717, 1.165) is 6.42 Å². The maximum Gasteiger partial charge on any atom is 0.228 e. The van der Waals surface area contributed by atoms with Gasteiger partial charge in [0.15, 0.2) is 0 Å². The molecule has 0 fully saturated rings. The maximum absolute atomic E-state index is 12.1. The second-order valence-electron chi connectivity index (χ2n) is 4.34. The van der Waals surface area contributed by atoms with Crippen molar-refractivity contribution in [1.82, 2.24) is 4.90 Å². The summed E-state index contributed by atoms with van der Waals surface area (Å²) in [4.78, 5) is 14.4. The third-order valence-electron chi connectivity index (χ3n) is 2.76. The van der Waals surface area contributed by atoms with Gasteiger partial charge in [0.05, 0.1) is 4.99 Å². The lowest BCUT2D eigenvalue weighted by molar-refractivity contribution is -0.140. The Hall–Kier alpha value is -0.640. The van der Waals surface area contributed by atoms with Crippen molar-refractivity contribution in [2.75, 3.05) is 13.1 Å². The maximum atomic E-state index is 12.1. The summed E-state index contributed by atoms with van der Waals surface area (Å²) in [5.74, 6) is 0.184. The summed E-state index contributed by atoms with van der Waals surface area (Å²) in [6, 6.07) is 0. The van der Waals surface area contributed by atoms with Crippen LogP contribution in [0.4, 0.5) is 0 Å². The SMILES string of the molecule is CCN(CCC(N)=S)C(=O)C(C)(C)CC. The van der Waals surface area contributed by atoms with Crippen LogP contribution in [0, 0.1) is 5.41 Å². The molecular weight excluding hydrogens is 208 g/mol. The number of hydrogen-bond acceptors (Lipinski definition) is 2. The fourth-order valence-electron chi connectivity index (χ4n) is 1.23. The van der Waals surface area contributed by atoms with E-state index in [4.69, 9.17) is 18.0 Å². The van der Waals surface area contributed by atoms with Crippen LogP contribution < -0.4 is 5.73 Å². The van der Waals surface area contributed by atoms with E-state index in [0.29, 0.717) is 24.5 Å². The number of nitrogens with zero attached hydrogens (tertiary/aromatic N) is 1. The minimum absolute atomic E-state index is 0.184. The van der Waals surface area contributed by atoms with Crippen LogP contribution in [0.2, 0.25) is 0 Å². The molecule has 15 heavy (non-hydrogen) atoms. The van der Waals surface area contributed by atoms with Gasteiger partial charge in [-0.05, 0) is 13.3 Å². The molecule has 2 N–H and O–H groups in total. The summed E-state index contributed by atoms with van der Waals surface area (Å²) in [7, 11) is 0. The van der Waals surface area contributed by atoms with Crippen LogP contribution in [-0.4, -0.2) is 28.9 Å². The number of carbonyl (C=O) groups excluding carboxylic acids is 1. The molecule has 0 aromatic heterocycles. The molecular formula is C11H22N2OS. The Balaban J connectivity index is 4.41. The molecule has 0 saturated carbocycles. The monoisotopic (exact) mass is 230 g/mol. The first-order chi connectivity index (χ1) is 6.85. The molecule has 4 heteroatoms. The molecule has 0 aromatic carbocycles. The number of hydrogen-bond donors (Lipinski definition) is 1. The van der Waals surface area contributed by atoms with Crippen molar-refractivity contribution < 1.29 is 4.79 Å². The first-order valence-electron chi connectivity index (χ1n) is 5.42. The molecule has 0 aromatic rings. The largest absolute Gasteiger partial charge is 0.393 e. The van der Waals surface area contributed by atoms with Crippen LogP contribution >= 0.6 is 12.2 Å². The Morgan fingerprint density at radius 2 is 1.93 bits per heavy atom. The average Bonchev–Trinajstić information content (AvgIpc) is 2.18. The van der Waals surface area contributed by atoms with Gasteiger partial charge in [0.25, 0.3) is 0 Å². The minimum atomic E-state index is -0.285. The molecule has 0 rings (SSSR count). The van der Waals surface area contributed by atoms with Crippen LogP contribution in [0.25, 0.3) is 0 Å². The van der Waals surface area contributed by atoms with E-state index in [1.54, 1.807) is 0 Å². The van der Waals surface area contributed by atoms with Crippen LogP contribution in [0.15, 0.2) is 0 Å². The second-order valence-corrected chi connectivity index (χ2v) is 4.86. The highest BCUT2D eigenvalue weighted by molar-refractivity contribution is 7.80. The van der Waals surface area contributed by atoms with Gasteiger partial charge in [-0.2, -0.15) is 0 Å². The van der Waals surface area contributed by atoms with E-state index in [1.165, 1.54) is 0 Å². The Kier molecular flexibility index (Phi) is 5.80. The van der Waals surface area contributed by atoms with E-state index in [1.807, 2.05) is 32.6 Å². The summed E-state index contributed by atoms with van der Waals surface area (Å²) in [5.41, 5.74) is 5.15. The van der Waals surface area contributed by atoms with Crippen molar-refractivity contribution in [1.29, 1.82) is 0 Å². The summed E-state index contributed by atoms with van der Waals surface area (Å²) < 4.78 is 0. The Morgan fingerprint density at radius 1 is 1.40 bits per heavy atom. The van der Waals surface area contributed by atoms with Crippen LogP contribution in [0.1, 0.15) is 40.5 Å². The lowest BCUT2D eigenvalue weighted by Gasteiger charge is -2.30. The summed E-state index contributed by atoms with van der Waals surface area (Å²) in [6.45, 7) is 9.29. The van der Waals surface area contributed by atoms with Crippen LogP contribution in [0.3, 0.4) is 0 Å². The van der Waals surface area contributed by atoms with Crippen molar-refractivity contribution in [2.24, 2.45) is 11.1 Å². The Morgan fingerprint density at radius 3 is 2.27 bits per heavy atom. The third-order valence-corrected chi connectivity index (χ3v) is 2.96. The van der Waals surface area contributed by atoms with E-state index in [9.17, 15) is 4.79 Å². The van der Waals surface area contributed by atoms with Gasteiger partial charge in [-0.3, -0.25) is 4.79 Å². The van der Waals surface area contributed by atoms with E-state index >= 15 is 0 Å². The van der Waals surface area contributed by atoms with E-state index in [2.05, 4.69) is 0 Å². The zero-order chi connectivity index (χ0) is 12.1. The van der Waals surface area contributed by atoms with Crippen molar-refractivity contribution in [3.05, 3.63) is 0 Å². The molecule has 0 aliphatic heterocycles. The predicted octanol–water partition coefficient (Wildman–Crippen LogP) is 1.95. The van der Waals surface area contributed by atoms with Gasteiger partial charge in [0.2, 0.25) is 5.91 Å². The van der Waals surface area contributed by atoms with Crippen molar-refractivity contribution in [2.45, 2.75) is 40.5 Å². The smallest absolute Gasteiger partial charge is 0.228 e. The van der Waals surface area contributed by atoms with Gasteiger partial charge in [0.1, 0.15) is 0 Å². The lowest BCUT2D eigenvalue weighted by atomic mass is 9.88. The first-order valence-corrected chi connectivity index (χ1v) is 5.83. The van der Waals surface area contributed by atoms with Crippen molar-refractivity contribution >= 4 is 23.1 Å². The van der Waals surface area contributed by atoms with Crippen molar-refractivity contribution in [3.63, 3.8) is 0 Å². The molecule has 0 spiro atoms. The molecule has 0 aliphatic rings. The highest BCUT2D eigenvalue weighted by Crippen LogP contribution is 2.22. The fraction of sp³-hybridized carbons (Fsp3) is 0.818. The van der Waals surface area contributed by atoms with Gasteiger partial charge in [-0.1, -0.05) is 33.0 Å². The normalized spacial score (nSPS) is 11.2. The molecule has 0 radical (unpaired) electrons. The molecule has 88 valence electrons. The number of thiocarbonyl (C=S) groups is 1. The number of nitrogens with two attached hydrogens (primary N) is 1. The van der Waals surface area contributed by atoms with Crippen molar-refractivity contribution in [3.8, 4) is 0 Å². The molecule has 0 atom stereocenters. The second kappa shape index (κ2) is 6.05. The van der Waals surface area contributed by atoms with Gasteiger partial charge in [-0.25, -0.2) is 0 Å². The van der Waals surface area contributed by atoms with Gasteiger partial charge >= 0.3 is 0 Å². The topological polar surface area (TPSA) is 46.3 Å². The van der Waals surface area contributed by atoms with Gasteiger partial charge in [-0.15, -0.1) is 0 Å². The third kappa shape index (κ3) is 4.60. The zero-order valence-electron chi connectivity index (χ0n) is 10.2. The first kappa shape index (κ1) is 14.4. The molecule has 0 aliphatic carbocycles. The highest BCUT2D eigenvalue weighted by Gasteiger charge is 2.29. The quantitative estimate of drug-likeness (QED) is 0.709. The molecule has 0 bridgehead atoms. The Bertz CT molecular complexity index is 239. The molecule has 0 saturated heterocycles. The van der Waals surface area contributed by atoms with Gasteiger partial charge in [0, 0.05) is 24.9 Å². The summed E-state index contributed by atoms with van der Waals surface area (Å²) >= 11 is 4.81. The number of carbonyl (C=O) groups is 1. The highest BCUT2D eigenvalue weighted by atomic mass is 32.1. The summed E-state index contributed by atoms with van der Waals surface area (Å²) in [6.07, 6.45) is 1.45. The number of rotatable bonds is 6. The lowest BCUT2D eigenvalue weighted by Crippen LogP contribution is -2.41. The average molecular weight is 230 g/mol. The molecule has 0 heterocycles. The molecule has 3 nitrogen and oxygen atoms in total. The predicted molar refractivity (Wildman–Crippen MR) is 67.7 cm³/mol. The molecule has 1 amide bonds. The minimum Gasteiger partial charge on any atom is -0.393 e. The zero-order valence-corrected chi connectivity index (χ0v) is 11.0. The Labute approximate surface area is 98.0 Å². The van der Waals surface area contributed by atoms with Crippen LogP contribution in [-0.2, 0) is 4.79 Å². The van der Waals surface area contributed by atoms with E-state index < -0.39 is 0 Å².